The molecule has 3 rings (SSSR count). The monoisotopic (exact) mass is 323 g/mol. The number of aryl methyl sites for hydroxylation is 1. The van der Waals surface area contributed by atoms with Crippen molar-refractivity contribution < 1.29 is 4.79 Å². The van der Waals surface area contributed by atoms with Gasteiger partial charge in [0, 0.05) is 4.70 Å². The molecule has 3 heteroatoms. The molecule has 1 amide bonds. The van der Waals surface area contributed by atoms with Crippen LogP contribution in [-0.2, 0) is 6.42 Å². The summed E-state index contributed by atoms with van der Waals surface area (Å²) < 4.78 is 1.19. The first-order valence-corrected chi connectivity index (χ1v) is 8.88. The normalized spacial score (nSPS) is 12.3. The minimum atomic E-state index is 0.00314. The molecule has 23 heavy (non-hydrogen) atoms. The Morgan fingerprint density at radius 1 is 1.09 bits per heavy atom. The van der Waals surface area contributed by atoms with Crippen molar-refractivity contribution in [2.75, 3.05) is 0 Å². The molecule has 0 aliphatic rings. The number of fused-ring (bicyclic) bond motifs is 1. The predicted octanol–water partition coefficient (Wildman–Crippen LogP) is 5.34. The van der Waals surface area contributed by atoms with Crippen LogP contribution in [0.2, 0.25) is 0 Å². The average Bonchev–Trinajstić information content (AvgIpc) is 2.95. The third-order valence-corrected chi connectivity index (χ3v) is 5.26. The van der Waals surface area contributed by atoms with Gasteiger partial charge in [0.15, 0.2) is 0 Å². The number of rotatable bonds is 5. The molecule has 2 nitrogen and oxygen atoms in total. The zero-order valence-corrected chi connectivity index (χ0v) is 14.3. The zero-order chi connectivity index (χ0) is 16.2. The van der Waals surface area contributed by atoms with Crippen LogP contribution in [0.15, 0.2) is 54.6 Å². The smallest absolute Gasteiger partial charge is 0.262 e. The van der Waals surface area contributed by atoms with Gasteiger partial charge in [-0.15, -0.1) is 11.3 Å². The quantitative estimate of drug-likeness (QED) is 0.674. The molecular weight excluding hydrogens is 302 g/mol. The van der Waals surface area contributed by atoms with Crippen molar-refractivity contribution in [3.8, 4) is 0 Å². The van der Waals surface area contributed by atoms with Crippen molar-refractivity contribution in [3.63, 3.8) is 0 Å². The van der Waals surface area contributed by atoms with Crippen molar-refractivity contribution in [1.29, 1.82) is 0 Å². The fourth-order valence-corrected chi connectivity index (χ4v) is 4.02. The molecule has 1 unspecified atom stereocenters. The number of carbonyl (C=O) groups is 1. The van der Waals surface area contributed by atoms with E-state index >= 15 is 0 Å². The van der Waals surface area contributed by atoms with Gasteiger partial charge in [-0.25, -0.2) is 0 Å². The van der Waals surface area contributed by atoms with Crippen molar-refractivity contribution in [2.45, 2.75) is 32.7 Å². The molecule has 0 saturated heterocycles. The lowest BCUT2D eigenvalue weighted by Crippen LogP contribution is -2.26. The van der Waals surface area contributed by atoms with E-state index in [1.807, 2.05) is 49.4 Å². The number of carbonyl (C=O) groups excluding carboxylic acids is 1. The van der Waals surface area contributed by atoms with Gasteiger partial charge >= 0.3 is 0 Å². The highest BCUT2D eigenvalue weighted by Crippen LogP contribution is 2.32. The topological polar surface area (TPSA) is 29.1 Å². The van der Waals surface area contributed by atoms with Gasteiger partial charge in [-0.3, -0.25) is 4.79 Å². The Morgan fingerprint density at radius 3 is 2.52 bits per heavy atom. The molecule has 0 aliphatic carbocycles. The molecule has 0 fully saturated rings. The Labute approximate surface area is 141 Å². The lowest BCUT2D eigenvalue weighted by molar-refractivity contribution is 0.0943. The average molecular weight is 323 g/mol. The minimum Gasteiger partial charge on any atom is -0.345 e. The third-order valence-electron chi connectivity index (χ3n) is 4.05. The molecule has 1 aromatic heterocycles. The van der Waals surface area contributed by atoms with Crippen LogP contribution in [0, 0.1) is 0 Å². The number of benzene rings is 2. The third kappa shape index (κ3) is 3.30. The molecule has 0 radical (unpaired) electrons. The van der Waals surface area contributed by atoms with E-state index in [0.717, 1.165) is 23.3 Å². The van der Waals surface area contributed by atoms with Crippen LogP contribution >= 0.6 is 11.3 Å². The van der Waals surface area contributed by atoms with Crippen molar-refractivity contribution in [3.05, 3.63) is 70.6 Å². The van der Waals surface area contributed by atoms with Gasteiger partial charge in [-0.05, 0) is 35.9 Å². The van der Waals surface area contributed by atoms with Crippen LogP contribution < -0.4 is 5.32 Å². The van der Waals surface area contributed by atoms with E-state index < -0.39 is 0 Å². The fourth-order valence-electron chi connectivity index (χ4n) is 2.87. The second-order valence-electron chi connectivity index (χ2n) is 5.76. The van der Waals surface area contributed by atoms with Crippen molar-refractivity contribution in [1.82, 2.24) is 5.32 Å². The Bertz CT molecular complexity index is 807. The summed E-state index contributed by atoms with van der Waals surface area (Å²) in [6.07, 6.45) is 1.97. The summed E-state index contributed by atoms with van der Waals surface area (Å²) >= 11 is 1.60. The van der Waals surface area contributed by atoms with E-state index in [2.05, 4.69) is 24.4 Å². The highest BCUT2D eigenvalue weighted by atomic mass is 32.1. The minimum absolute atomic E-state index is 0.00314. The molecule has 1 N–H and O–H groups in total. The van der Waals surface area contributed by atoms with E-state index in [1.54, 1.807) is 11.3 Å². The Kier molecular flexibility index (Phi) is 4.77. The largest absolute Gasteiger partial charge is 0.345 e. The first kappa shape index (κ1) is 15.8. The lowest BCUT2D eigenvalue weighted by atomic mass is 10.0. The summed E-state index contributed by atoms with van der Waals surface area (Å²) in [5.41, 5.74) is 2.31. The molecule has 3 aromatic rings. The maximum atomic E-state index is 12.8. The Morgan fingerprint density at radius 2 is 1.78 bits per heavy atom. The van der Waals surface area contributed by atoms with Gasteiger partial charge in [0.2, 0.25) is 0 Å². The second-order valence-corrected chi connectivity index (χ2v) is 6.81. The molecule has 118 valence electrons. The fraction of sp³-hybridized carbons (Fsp3) is 0.250. The van der Waals surface area contributed by atoms with Crippen LogP contribution in [0.5, 0.6) is 0 Å². The molecule has 2 aromatic carbocycles. The van der Waals surface area contributed by atoms with Crippen LogP contribution in [0.1, 0.15) is 47.1 Å². The molecule has 0 saturated carbocycles. The van der Waals surface area contributed by atoms with E-state index in [4.69, 9.17) is 0 Å². The van der Waals surface area contributed by atoms with Gasteiger partial charge in [0.05, 0.1) is 10.9 Å². The molecule has 1 atom stereocenters. The molecule has 1 heterocycles. The number of hydrogen-bond acceptors (Lipinski definition) is 2. The van der Waals surface area contributed by atoms with Gasteiger partial charge < -0.3 is 5.32 Å². The summed E-state index contributed by atoms with van der Waals surface area (Å²) in [5.74, 6) is 0.0333. The summed E-state index contributed by atoms with van der Waals surface area (Å²) in [6, 6.07) is 18.4. The first-order chi connectivity index (χ1) is 11.2. The highest BCUT2D eigenvalue weighted by Gasteiger charge is 2.19. The Balaban J connectivity index is 1.90. The number of nitrogens with one attached hydrogen (secondary N) is 1. The molecular formula is C20H21NOS. The van der Waals surface area contributed by atoms with Gasteiger partial charge in [-0.2, -0.15) is 0 Å². The van der Waals surface area contributed by atoms with Gasteiger partial charge in [-0.1, -0.05) is 61.9 Å². The SMILES string of the molecule is CCCc1c(C(=O)NC(C)c2ccccc2)sc2ccccc12. The number of hydrogen-bond donors (Lipinski definition) is 1. The van der Waals surface area contributed by atoms with E-state index in [1.165, 1.54) is 15.6 Å². The molecule has 0 aliphatic heterocycles. The summed E-state index contributed by atoms with van der Waals surface area (Å²) in [7, 11) is 0. The van der Waals surface area contributed by atoms with Crippen molar-refractivity contribution >= 4 is 27.3 Å². The van der Waals surface area contributed by atoms with E-state index in [-0.39, 0.29) is 11.9 Å². The molecule has 0 bridgehead atoms. The Hall–Kier alpha value is -2.13. The van der Waals surface area contributed by atoms with Crippen molar-refractivity contribution in [2.24, 2.45) is 0 Å². The summed E-state index contributed by atoms with van der Waals surface area (Å²) in [5, 5.41) is 4.36. The zero-order valence-electron chi connectivity index (χ0n) is 13.5. The first-order valence-electron chi connectivity index (χ1n) is 8.07. The summed E-state index contributed by atoms with van der Waals surface area (Å²) in [6.45, 7) is 4.18. The maximum Gasteiger partial charge on any atom is 0.262 e. The second kappa shape index (κ2) is 6.97. The number of thiophene rings is 1. The summed E-state index contributed by atoms with van der Waals surface area (Å²) in [4.78, 5) is 13.7. The van der Waals surface area contributed by atoms with Gasteiger partial charge in [0.25, 0.3) is 5.91 Å². The standard InChI is InChI=1S/C20H21NOS/c1-3-9-17-16-12-7-8-13-18(16)23-19(17)20(22)21-14(2)15-10-5-4-6-11-15/h4-8,10-14H,3,9H2,1-2H3,(H,21,22). The lowest BCUT2D eigenvalue weighted by Gasteiger charge is -2.14. The van der Waals surface area contributed by atoms with Crippen LogP contribution in [0.4, 0.5) is 0 Å². The maximum absolute atomic E-state index is 12.8. The predicted molar refractivity (Wildman–Crippen MR) is 98.1 cm³/mol. The van der Waals surface area contributed by atoms with E-state index in [0.29, 0.717) is 0 Å². The van der Waals surface area contributed by atoms with Gasteiger partial charge in [0.1, 0.15) is 0 Å². The highest BCUT2D eigenvalue weighted by molar-refractivity contribution is 7.21. The van der Waals surface area contributed by atoms with Crippen LogP contribution in [-0.4, -0.2) is 5.91 Å². The number of amides is 1. The van der Waals surface area contributed by atoms with E-state index in [9.17, 15) is 4.79 Å². The van der Waals surface area contributed by atoms with Crippen LogP contribution in [0.25, 0.3) is 10.1 Å². The molecule has 0 spiro atoms. The van der Waals surface area contributed by atoms with Crippen LogP contribution in [0.3, 0.4) is 0 Å².